The Hall–Kier alpha value is -1.99. The molecule has 1 fully saturated rings. The van der Waals surface area contributed by atoms with Crippen LogP contribution in [0.1, 0.15) is 32.3 Å². The van der Waals surface area contributed by atoms with Gasteiger partial charge in [0.05, 0.1) is 27.9 Å². The summed E-state index contributed by atoms with van der Waals surface area (Å²) in [6, 6.07) is 4.22. The maximum atomic E-state index is 12.2. The number of nitrogens with zero attached hydrogens (tertiary/aromatic N) is 2. The highest BCUT2D eigenvalue weighted by molar-refractivity contribution is 5.78. The van der Waals surface area contributed by atoms with Crippen LogP contribution >= 0.6 is 0 Å². The Bertz CT molecular complexity index is 626. The first-order chi connectivity index (χ1) is 13.6. The lowest BCUT2D eigenvalue weighted by Crippen LogP contribution is -2.50. The molecule has 1 aliphatic rings. The maximum Gasteiger partial charge on any atom is 0.234 e. The predicted molar refractivity (Wildman–Crippen MR) is 110 cm³/mol. The molecule has 1 amide bonds. The molecule has 7 heteroatoms. The van der Waals surface area contributed by atoms with Gasteiger partial charge in [0.15, 0.2) is 11.5 Å². The fraction of sp³-hybridized carbons (Fsp3) is 0.667. The molecule has 0 aliphatic carbocycles. The van der Waals surface area contributed by atoms with E-state index in [4.69, 9.17) is 14.2 Å². The molecular formula is C21H35N3O4. The highest BCUT2D eigenvalue weighted by atomic mass is 16.5. The largest absolute Gasteiger partial charge is 0.493 e. The molecule has 0 unspecified atom stereocenters. The van der Waals surface area contributed by atoms with E-state index < -0.39 is 0 Å². The van der Waals surface area contributed by atoms with Crippen molar-refractivity contribution in [1.29, 1.82) is 0 Å². The molecule has 7 nitrogen and oxygen atoms in total. The third kappa shape index (κ3) is 5.75. The quantitative estimate of drug-likeness (QED) is 0.657. The molecule has 0 radical (unpaired) electrons. The van der Waals surface area contributed by atoms with Crippen LogP contribution in [-0.2, 0) is 11.3 Å². The summed E-state index contributed by atoms with van der Waals surface area (Å²) in [6.07, 6.45) is 1.95. The molecule has 158 valence electrons. The van der Waals surface area contributed by atoms with E-state index in [0.29, 0.717) is 23.8 Å². The fourth-order valence-corrected chi connectivity index (χ4v) is 3.60. The predicted octanol–water partition coefficient (Wildman–Crippen LogP) is 2.13. The Morgan fingerprint density at radius 3 is 2.11 bits per heavy atom. The summed E-state index contributed by atoms with van der Waals surface area (Å²) in [4.78, 5) is 16.8. The Balaban J connectivity index is 1.90. The molecule has 1 aliphatic heterocycles. The molecular weight excluding hydrogens is 358 g/mol. The fourth-order valence-electron chi connectivity index (χ4n) is 3.60. The Morgan fingerprint density at radius 2 is 1.57 bits per heavy atom. The van der Waals surface area contributed by atoms with Gasteiger partial charge in [-0.15, -0.1) is 0 Å². The maximum absolute atomic E-state index is 12.2. The lowest BCUT2D eigenvalue weighted by atomic mass is 10.1. The van der Waals surface area contributed by atoms with Crippen molar-refractivity contribution in [2.45, 2.75) is 39.3 Å². The molecule has 0 bridgehead atoms. The molecule has 2 rings (SSSR count). The van der Waals surface area contributed by atoms with Crippen molar-refractivity contribution < 1.29 is 19.0 Å². The van der Waals surface area contributed by atoms with Gasteiger partial charge in [-0.3, -0.25) is 14.6 Å². The lowest BCUT2D eigenvalue weighted by molar-refractivity contribution is -0.123. The van der Waals surface area contributed by atoms with Gasteiger partial charge in [-0.2, -0.15) is 0 Å². The minimum absolute atomic E-state index is 0.128. The van der Waals surface area contributed by atoms with Gasteiger partial charge < -0.3 is 19.5 Å². The highest BCUT2D eigenvalue weighted by Gasteiger charge is 2.22. The van der Waals surface area contributed by atoms with Crippen molar-refractivity contribution in [1.82, 2.24) is 15.1 Å². The molecule has 1 N–H and O–H groups in total. The van der Waals surface area contributed by atoms with Gasteiger partial charge in [0.25, 0.3) is 0 Å². The van der Waals surface area contributed by atoms with Crippen molar-refractivity contribution in [2.24, 2.45) is 0 Å². The second kappa shape index (κ2) is 11.1. The van der Waals surface area contributed by atoms with E-state index in [1.165, 1.54) is 0 Å². The van der Waals surface area contributed by atoms with Crippen LogP contribution in [0.4, 0.5) is 0 Å². The Kier molecular flexibility index (Phi) is 8.86. The molecule has 1 aromatic carbocycles. The molecule has 0 saturated carbocycles. The zero-order valence-electron chi connectivity index (χ0n) is 17.9. The lowest BCUT2D eigenvalue weighted by Gasteiger charge is -2.34. The molecule has 1 heterocycles. The summed E-state index contributed by atoms with van der Waals surface area (Å²) >= 11 is 0. The van der Waals surface area contributed by atoms with Gasteiger partial charge in [0.2, 0.25) is 11.7 Å². The van der Waals surface area contributed by atoms with Crippen LogP contribution in [0.3, 0.4) is 0 Å². The van der Waals surface area contributed by atoms with Gasteiger partial charge in [-0.1, -0.05) is 19.9 Å². The summed E-state index contributed by atoms with van der Waals surface area (Å²) < 4.78 is 16.4. The normalized spacial score (nSPS) is 15.5. The third-order valence-electron chi connectivity index (χ3n) is 5.36. The van der Waals surface area contributed by atoms with Crippen LogP contribution in [0.5, 0.6) is 17.2 Å². The summed E-state index contributed by atoms with van der Waals surface area (Å²) in [5.41, 5.74) is 1.07. The van der Waals surface area contributed by atoms with Crippen molar-refractivity contribution in [2.75, 3.05) is 54.1 Å². The number of hydrogen-bond acceptors (Lipinski definition) is 6. The first-order valence-corrected chi connectivity index (χ1v) is 10.1. The molecule has 1 saturated heterocycles. The monoisotopic (exact) mass is 393 g/mol. The number of hydrogen-bond donors (Lipinski definition) is 1. The average molecular weight is 394 g/mol. The molecule has 0 aromatic heterocycles. The number of carbonyl (C=O) groups excluding carboxylic acids is 1. The van der Waals surface area contributed by atoms with Gasteiger partial charge in [-0.25, -0.2) is 0 Å². The van der Waals surface area contributed by atoms with Crippen molar-refractivity contribution >= 4 is 5.91 Å². The van der Waals surface area contributed by atoms with E-state index in [0.717, 1.165) is 51.1 Å². The topological polar surface area (TPSA) is 63.3 Å². The summed E-state index contributed by atoms with van der Waals surface area (Å²) in [5, 5.41) is 3.12. The Morgan fingerprint density at radius 1 is 0.964 bits per heavy atom. The van der Waals surface area contributed by atoms with E-state index in [1.807, 2.05) is 12.1 Å². The molecule has 1 aromatic rings. The van der Waals surface area contributed by atoms with Gasteiger partial charge in [-0.05, 0) is 18.9 Å². The second-order valence-corrected chi connectivity index (χ2v) is 7.13. The number of methoxy groups -OCH3 is 3. The zero-order chi connectivity index (χ0) is 20.5. The van der Waals surface area contributed by atoms with E-state index in [2.05, 4.69) is 29.0 Å². The van der Waals surface area contributed by atoms with Crippen LogP contribution in [0, 0.1) is 0 Å². The summed E-state index contributed by atoms with van der Waals surface area (Å²) in [6.45, 7) is 9.05. The minimum atomic E-state index is 0.128. The summed E-state index contributed by atoms with van der Waals surface area (Å²) in [7, 11) is 4.89. The molecule has 0 atom stereocenters. The molecule has 0 spiro atoms. The number of rotatable bonds is 10. The van der Waals surface area contributed by atoms with E-state index in [-0.39, 0.29) is 11.9 Å². The number of amides is 1. The van der Waals surface area contributed by atoms with Crippen LogP contribution in [0.2, 0.25) is 0 Å². The number of piperazine rings is 1. The number of benzene rings is 1. The SMILES string of the molecule is CCC(CC)NC(=O)CN1CCN(Cc2ccc(OC)c(OC)c2OC)CC1. The van der Waals surface area contributed by atoms with Crippen molar-refractivity contribution in [3.63, 3.8) is 0 Å². The first kappa shape index (κ1) is 22.3. The van der Waals surface area contributed by atoms with Crippen molar-refractivity contribution in [3.05, 3.63) is 17.7 Å². The number of ether oxygens (including phenoxy) is 3. The first-order valence-electron chi connectivity index (χ1n) is 10.1. The third-order valence-corrected chi connectivity index (χ3v) is 5.36. The van der Waals surface area contributed by atoms with Crippen LogP contribution in [0.25, 0.3) is 0 Å². The van der Waals surface area contributed by atoms with Crippen LogP contribution in [-0.4, -0.2) is 75.8 Å². The average Bonchev–Trinajstić information content (AvgIpc) is 2.72. The highest BCUT2D eigenvalue weighted by Crippen LogP contribution is 2.40. The van der Waals surface area contributed by atoms with Gasteiger partial charge in [0, 0.05) is 44.3 Å². The number of nitrogens with one attached hydrogen (secondary N) is 1. The minimum Gasteiger partial charge on any atom is -0.493 e. The van der Waals surface area contributed by atoms with E-state index >= 15 is 0 Å². The van der Waals surface area contributed by atoms with Gasteiger partial charge in [0.1, 0.15) is 0 Å². The standard InChI is InChI=1S/C21H35N3O4/c1-6-17(7-2)22-19(25)15-24-12-10-23(11-13-24)14-16-8-9-18(26-3)21(28-5)20(16)27-4/h8-9,17H,6-7,10-15H2,1-5H3,(H,22,25). The number of carbonyl (C=O) groups is 1. The smallest absolute Gasteiger partial charge is 0.234 e. The second-order valence-electron chi connectivity index (χ2n) is 7.13. The van der Waals surface area contributed by atoms with E-state index in [9.17, 15) is 4.79 Å². The van der Waals surface area contributed by atoms with E-state index in [1.54, 1.807) is 21.3 Å². The van der Waals surface area contributed by atoms with Crippen LogP contribution < -0.4 is 19.5 Å². The Labute approximate surface area is 168 Å². The molecule has 28 heavy (non-hydrogen) atoms. The van der Waals surface area contributed by atoms with Gasteiger partial charge >= 0.3 is 0 Å². The summed E-state index contributed by atoms with van der Waals surface area (Å²) in [5.74, 6) is 2.13. The van der Waals surface area contributed by atoms with Crippen molar-refractivity contribution in [3.8, 4) is 17.2 Å². The van der Waals surface area contributed by atoms with Crippen LogP contribution in [0.15, 0.2) is 12.1 Å². The zero-order valence-corrected chi connectivity index (χ0v) is 17.9.